The van der Waals surface area contributed by atoms with E-state index in [1.54, 1.807) is 42.4 Å². The summed E-state index contributed by atoms with van der Waals surface area (Å²) in [6.45, 7) is 2.66. The number of amides is 2. The molecule has 0 saturated heterocycles. The number of carbonyl (C=O) groups is 2. The Hall–Kier alpha value is -5.58. The summed E-state index contributed by atoms with van der Waals surface area (Å²) in [5, 5.41) is 0. The Labute approximate surface area is 291 Å². The Morgan fingerprint density at radius 2 is 1.66 bits per heavy atom. The van der Waals surface area contributed by atoms with Gasteiger partial charge >= 0.3 is 0 Å². The Kier molecular flexibility index (Phi) is 9.29. The van der Waals surface area contributed by atoms with Gasteiger partial charge in [0.1, 0.15) is 0 Å². The summed E-state index contributed by atoms with van der Waals surface area (Å²) in [5.41, 5.74) is 12.6. The van der Waals surface area contributed by atoms with E-state index in [1.807, 2.05) is 61.9 Å². The molecule has 4 aliphatic rings. The first kappa shape index (κ1) is 32.9. The number of fused-ring (bicyclic) bond motifs is 2. The monoisotopic (exact) mass is 675 g/mol. The third-order valence-electron chi connectivity index (χ3n) is 9.53. The normalized spacial score (nSPS) is 19.5. The van der Waals surface area contributed by atoms with Crippen molar-refractivity contribution in [1.29, 1.82) is 0 Å². The number of ether oxygens (including phenoxy) is 4. The lowest BCUT2D eigenvalue weighted by Crippen LogP contribution is -2.32. The zero-order valence-corrected chi connectivity index (χ0v) is 28.5. The van der Waals surface area contributed by atoms with E-state index in [-0.39, 0.29) is 18.0 Å². The number of hydrogen-bond acceptors (Lipinski definition) is 9. The van der Waals surface area contributed by atoms with Gasteiger partial charge in [-0.15, -0.1) is 0 Å². The Balaban J connectivity index is 0.971. The largest absolute Gasteiger partial charge is 0.493 e. The number of aryl methyl sites for hydroxylation is 1. The molecule has 11 nitrogen and oxygen atoms in total. The number of rotatable bonds is 13. The Morgan fingerprint density at radius 1 is 0.940 bits per heavy atom. The van der Waals surface area contributed by atoms with Crippen LogP contribution in [0.3, 0.4) is 0 Å². The molecule has 3 aromatic carbocycles. The fraction of sp³-hybridized carbons (Fsp3) is 0.333. The van der Waals surface area contributed by atoms with E-state index in [4.69, 9.17) is 29.7 Å². The first-order valence-electron chi connectivity index (χ1n) is 16.9. The maximum Gasteiger partial charge on any atom is 0.260 e. The topological polar surface area (TPSA) is 128 Å². The van der Waals surface area contributed by atoms with Gasteiger partial charge in [0.15, 0.2) is 23.0 Å². The van der Waals surface area contributed by atoms with E-state index < -0.39 is 0 Å². The first-order valence-corrected chi connectivity index (χ1v) is 16.9. The van der Waals surface area contributed by atoms with Gasteiger partial charge < -0.3 is 34.5 Å². The highest BCUT2D eigenvalue weighted by Crippen LogP contribution is 2.44. The summed E-state index contributed by atoms with van der Waals surface area (Å²) < 4.78 is 23.5. The number of benzene rings is 3. The molecule has 1 saturated carbocycles. The predicted octanol–water partition coefficient (Wildman–Crippen LogP) is 6.64. The van der Waals surface area contributed by atoms with Gasteiger partial charge in [-0.1, -0.05) is 12.1 Å². The second-order valence-corrected chi connectivity index (χ2v) is 13.0. The van der Waals surface area contributed by atoms with Crippen LogP contribution in [0.4, 0.5) is 17.1 Å². The second kappa shape index (κ2) is 14.1. The van der Waals surface area contributed by atoms with Crippen LogP contribution in [0.15, 0.2) is 76.5 Å². The molecule has 3 aliphatic heterocycles. The minimum Gasteiger partial charge on any atom is -0.493 e. The fourth-order valence-electron chi connectivity index (χ4n) is 6.57. The molecule has 2 N–H and O–H groups in total. The second-order valence-electron chi connectivity index (χ2n) is 13.0. The molecule has 3 heterocycles. The fourth-order valence-corrected chi connectivity index (χ4v) is 6.57. The van der Waals surface area contributed by atoms with Gasteiger partial charge in [-0.25, -0.2) is 0 Å². The van der Waals surface area contributed by atoms with Crippen LogP contribution in [0.2, 0.25) is 0 Å². The van der Waals surface area contributed by atoms with Crippen LogP contribution in [-0.4, -0.2) is 74.1 Å². The minimum atomic E-state index is -0.217. The van der Waals surface area contributed by atoms with Crippen molar-refractivity contribution in [2.75, 3.05) is 33.2 Å². The number of hydrogen-bond donors (Lipinski definition) is 1. The standard InChI is InChI=1S/C39H41N5O6/c1-24-13-35(47-2)37(17-33(24)41-19-30-14-27(21-43(30)23-45)26-7-9-29(40)10-8-26)49-11-4-12-50-38-18-34-32(16-36(38)48-3)39(46)44-22-28(25-5-6-25)15-31(44)20-42-34/h7-10,13,16-23,25,30-31H,4-6,11-12,14-15,40H2,1-3H3/b41-19-. The number of aliphatic imine (C=N–C) groups is 2. The average molecular weight is 676 g/mol. The van der Waals surface area contributed by atoms with E-state index in [2.05, 4.69) is 4.99 Å². The molecule has 0 aromatic heterocycles. The molecule has 11 heteroatoms. The number of carbonyl (C=O) groups excluding carboxylic acids is 2. The van der Waals surface area contributed by atoms with Crippen molar-refractivity contribution in [2.45, 2.75) is 51.1 Å². The molecule has 7 rings (SSSR count). The quantitative estimate of drug-likeness (QED) is 0.0931. The summed E-state index contributed by atoms with van der Waals surface area (Å²) in [5.74, 6) is 2.69. The van der Waals surface area contributed by atoms with Crippen molar-refractivity contribution in [3.63, 3.8) is 0 Å². The van der Waals surface area contributed by atoms with E-state index >= 15 is 0 Å². The smallest absolute Gasteiger partial charge is 0.260 e. The minimum absolute atomic E-state index is 0.0538. The van der Waals surface area contributed by atoms with Gasteiger partial charge in [0, 0.05) is 55.5 Å². The molecule has 1 aliphatic carbocycles. The molecule has 2 unspecified atom stereocenters. The van der Waals surface area contributed by atoms with Gasteiger partial charge in [0.25, 0.3) is 5.91 Å². The molecule has 50 heavy (non-hydrogen) atoms. The van der Waals surface area contributed by atoms with Crippen LogP contribution in [0.1, 0.15) is 53.6 Å². The van der Waals surface area contributed by atoms with Gasteiger partial charge in [-0.05, 0) is 78.6 Å². The Bertz CT molecular complexity index is 1910. The van der Waals surface area contributed by atoms with Crippen molar-refractivity contribution in [1.82, 2.24) is 9.80 Å². The van der Waals surface area contributed by atoms with Crippen LogP contribution < -0.4 is 24.7 Å². The molecule has 0 radical (unpaired) electrons. The summed E-state index contributed by atoms with van der Waals surface area (Å²) in [6.07, 6.45) is 12.8. The van der Waals surface area contributed by atoms with Crippen LogP contribution in [0.25, 0.3) is 5.57 Å². The zero-order chi connectivity index (χ0) is 34.8. The highest BCUT2D eigenvalue weighted by Gasteiger charge is 2.38. The maximum absolute atomic E-state index is 13.5. The van der Waals surface area contributed by atoms with Crippen molar-refractivity contribution in [3.8, 4) is 23.0 Å². The first-order chi connectivity index (χ1) is 24.3. The summed E-state index contributed by atoms with van der Waals surface area (Å²) in [4.78, 5) is 38.2. The van der Waals surface area contributed by atoms with Crippen LogP contribution in [0, 0.1) is 12.8 Å². The summed E-state index contributed by atoms with van der Waals surface area (Å²) >= 11 is 0. The van der Waals surface area contributed by atoms with Crippen LogP contribution in [-0.2, 0) is 4.79 Å². The van der Waals surface area contributed by atoms with Gasteiger partial charge in [-0.3, -0.25) is 19.6 Å². The highest BCUT2D eigenvalue weighted by atomic mass is 16.5. The molecular weight excluding hydrogens is 634 g/mol. The summed E-state index contributed by atoms with van der Waals surface area (Å²) in [7, 11) is 3.16. The summed E-state index contributed by atoms with van der Waals surface area (Å²) in [6, 6.07) is 14.6. The van der Waals surface area contributed by atoms with Gasteiger partial charge in [0.05, 0.1) is 56.5 Å². The maximum atomic E-state index is 13.5. The molecular formula is C39H41N5O6. The molecule has 2 atom stereocenters. The van der Waals surface area contributed by atoms with Crippen molar-refractivity contribution < 1.29 is 28.5 Å². The zero-order valence-electron chi connectivity index (χ0n) is 28.5. The number of nitrogen functional groups attached to an aromatic ring is 1. The molecule has 1 fully saturated rings. The molecule has 2 amide bonds. The van der Waals surface area contributed by atoms with E-state index in [1.165, 1.54) is 18.4 Å². The van der Waals surface area contributed by atoms with Crippen molar-refractivity contribution in [3.05, 3.63) is 83.2 Å². The van der Waals surface area contributed by atoms with Crippen LogP contribution >= 0.6 is 0 Å². The van der Waals surface area contributed by atoms with Crippen molar-refractivity contribution in [2.24, 2.45) is 15.9 Å². The molecule has 0 bridgehead atoms. The molecule has 258 valence electrons. The molecule has 3 aromatic rings. The predicted molar refractivity (Wildman–Crippen MR) is 193 cm³/mol. The lowest BCUT2D eigenvalue weighted by atomic mass is 10.0. The van der Waals surface area contributed by atoms with E-state index in [0.29, 0.717) is 77.6 Å². The molecule has 0 spiro atoms. The van der Waals surface area contributed by atoms with Crippen molar-refractivity contribution >= 4 is 47.4 Å². The highest BCUT2D eigenvalue weighted by molar-refractivity contribution is 6.04. The average Bonchev–Trinajstić information content (AvgIpc) is 3.79. The Morgan fingerprint density at radius 3 is 2.36 bits per heavy atom. The number of anilines is 1. The SMILES string of the molecule is COc1cc2c(cc1OCCCOc1cc(/N=C\C3CC(c4ccc(N)cc4)=CN3C=O)c(C)cc1OC)N=CC1CC(C3CC3)=CN1C2=O. The van der Waals surface area contributed by atoms with Gasteiger partial charge in [-0.2, -0.15) is 0 Å². The number of nitrogens with two attached hydrogens (primary N) is 1. The lowest BCUT2D eigenvalue weighted by molar-refractivity contribution is -0.116. The van der Waals surface area contributed by atoms with Gasteiger partial charge in [0.2, 0.25) is 6.41 Å². The lowest BCUT2D eigenvalue weighted by Gasteiger charge is -2.19. The number of nitrogens with zero attached hydrogens (tertiary/aromatic N) is 4. The number of methoxy groups -OCH3 is 2. The van der Waals surface area contributed by atoms with Crippen LogP contribution in [0.5, 0.6) is 23.0 Å². The third kappa shape index (κ3) is 6.80. The van der Waals surface area contributed by atoms with E-state index in [0.717, 1.165) is 29.5 Å². The third-order valence-corrected chi connectivity index (χ3v) is 9.53. The van der Waals surface area contributed by atoms with E-state index in [9.17, 15) is 9.59 Å².